The van der Waals surface area contributed by atoms with E-state index in [1.165, 1.54) is 0 Å². The van der Waals surface area contributed by atoms with Gasteiger partial charge in [-0.05, 0) is 37.8 Å². The molecule has 1 aromatic carbocycles. The largest absolute Gasteiger partial charge is 0.385 e. The number of amides is 3. The number of rotatable bonds is 9. The Hall–Kier alpha value is -2.06. The summed E-state index contributed by atoms with van der Waals surface area (Å²) < 4.78 is 4.54. The van der Waals surface area contributed by atoms with Crippen molar-refractivity contribution in [2.45, 2.75) is 62.7 Å². The third kappa shape index (κ3) is 4.60. The first-order valence-corrected chi connectivity index (χ1v) is 11.8. The highest BCUT2D eigenvalue weighted by atomic mass is 32.2. The van der Waals surface area contributed by atoms with Crippen LogP contribution in [0.3, 0.4) is 0 Å². The van der Waals surface area contributed by atoms with Gasteiger partial charge < -0.3 is 20.3 Å². The second-order valence-corrected chi connectivity index (χ2v) is 10.5. The highest BCUT2D eigenvalue weighted by Crippen LogP contribution is 2.56. The minimum atomic E-state index is -0.657. The molecule has 3 amide bonds. The lowest BCUT2D eigenvalue weighted by atomic mass is 9.95. The van der Waals surface area contributed by atoms with Gasteiger partial charge in [0.25, 0.3) is 5.91 Å². The Bertz CT molecular complexity index is 844. The molecule has 1 fully saturated rings. The van der Waals surface area contributed by atoms with E-state index in [1.54, 1.807) is 23.8 Å². The van der Waals surface area contributed by atoms with Crippen LogP contribution in [0.25, 0.3) is 0 Å². The van der Waals surface area contributed by atoms with Gasteiger partial charge in [-0.2, -0.15) is 0 Å². The first kappa shape index (κ1) is 23.6. The summed E-state index contributed by atoms with van der Waals surface area (Å²) >= 11 is 1.62. The maximum absolute atomic E-state index is 13.5. The van der Waals surface area contributed by atoms with E-state index in [4.69, 9.17) is 4.74 Å². The van der Waals surface area contributed by atoms with Gasteiger partial charge in [0.1, 0.15) is 17.5 Å². The molecule has 7 nitrogen and oxygen atoms in total. The summed E-state index contributed by atoms with van der Waals surface area (Å²) in [4.78, 5) is 41.2. The van der Waals surface area contributed by atoms with Crippen molar-refractivity contribution in [1.82, 2.24) is 15.5 Å². The average Bonchev–Trinajstić information content (AvgIpc) is 3.18. The Balaban J connectivity index is 1.78. The summed E-state index contributed by atoms with van der Waals surface area (Å²) in [7, 11) is 1.62. The van der Waals surface area contributed by atoms with Gasteiger partial charge in [-0.15, -0.1) is 11.8 Å². The third-order valence-corrected chi connectivity index (χ3v) is 7.70. The zero-order valence-corrected chi connectivity index (χ0v) is 19.8. The molecule has 1 aromatic rings. The number of ether oxygens (including phenoxy) is 1. The number of hydrogen-bond donors (Lipinski definition) is 2. The summed E-state index contributed by atoms with van der Waals surface area (Å²) in [6, 6.07) is 6.22. The normalized spacial score (nSPS) is 23.1. The smallest absolute Gasteiger partial charge is 0.256 e. The van der Waals surface area contributed by atoms with Crippen LogP contribution in [-0.4, -0.2) is 59.7 Å². The summed E-state index contributed by atoms with van der Waals surface area (Å²) in [5, 5.41) is 5.69. The zero-order chi connectivity index (χ0) is 22.8. The van der Waals surface area contributed by atoms with E-state index in [0.717, 1.165) is 12.0 Å². The van der Waals surface area contributed by atoms with E-state index >= 15 is 0 Å². The van der Waals surface area contributed by atoms with Crippen LogP contribution < -0.4 is 10.6 Å². The topological polar surface area (TPSA) is 87.7 Å². The quantitative estimate of drug-likeness (QED) is 0.569. The molecule has 4 atom stereocenters. The fraction of sp³-hybridized carbons (Fsp3) is 0.609. The number of nitrogens with zero attached hydrogens (tertiary/aromatic N) is 1. The van der Waals surface area contributed by atoms with Crippen molar-refractivity contribution in [3.05, 3.63) is 35.4 Å². The summed E-state index contributed by atoms with van der Waals surface area (Å²) in [6.45, 7) is 8.97. The molecule has 31 heavy (non-hydrogen) atoms. The van der Waals surface area contributed by atoms with Gasteiger partial charge in [-0.25, -0.2) is 0 Å². The number of nitrogens with one attached hydrogen (secondary N) is 2. The monoisotopic (exact) mass is 447 g/mol. The van der Waals surface area contributed by atoms with Gasteiger partial charge in [-0.1, -0.05) is 38.5 Å². The lowest BCUT2D eigenvalue weighted by Crippen LogP contribution is -2.58. The van der Waals surface area contributed by atoms with Crippen molar-refractivity contribution in [3.8, 4) is 0 Å². The van der Waals surface area contributed by atoms with Crippen LogP contribution in [0.1, 0.15) is 61.8 Å². The van der Waals surface area contributed by atoms with Gasteiger partial charge in [0.2, 0.25) is 11.8 Å². The van der Waals surface area contributed by atoms with Crippen LogP contribution >= 0.6 is 11.8 Å². The molecule has 0 radical (unpaired) electrons. The summed E-state index contributed by atoms with van der Waals surface area (Å²) in [5.41, 5.74) is 1.61. The van der Waals surface area contributed by atoms with Crippen molar-refractivity contribution in [2.24, 2.45) is 5.92 Å². The van der Waals surface area contributed by atoms with Crippen LogP contribution in [0.15, 0.2) is 24.3 Å². The van der Waals surface area contributed by atoms with Crippen LogP contribution in [0.4, 0.5) is 0 Å². The van der Waals surface area contributed by atoms with Crippen molar-refractivity contribution in [2.75, 3.05) is 20.3 Å². The van der Waals surface area contributed by atoms with Gasteiger partial charge in [-0.3, -0.25) is 14.4 Å². The molecule has 0 unspecified atom stereocenters. The molecule has 0 aliphatic carbocycles. The number of carbonyl (C=O) groups excluding carboxylic acids is 3. The van der Waals surface area contributed by atoms with E-state index < -0.39 is 16.8 Å². The van der Waals surface area contributed by atoms with E-state index in [0.29, 0.717) is 25.1 Å². The summed E-state index contributed by atoms with van der Waals surface area (Å²) in [5.74, 6) is -0.637. The van der Waals surface area contributed by atoms with Crippen LogP contribution in [0.2, 0.25) is 0 Å². The minimum Gasteiger partial charge on any atom is -0.385 e. The van der Waals surface area contributed by atoms with Gasteiger partial charge in [0.05, 0.1) is 0 Å². The van der Waals surface area contributed by atoms with Gasteiger partial charge in [0.15, 0.2) is 0 Å². The minimum absolute atomic E-state index is 0.0363. The van der Waals surface area contributed by atoms with Crippen LogP contribution in [-0.2, 0) is 14.3 Å². The Morgan fingerprint density at radius 1 is 1.29 bits per heavy atom. The van der Waals surface area contributed by atoms with Crippen molar-refractivity contribution in [1.29, 1.82) is 0 Å². The second kappa shape index (κ2) is 9.61. The predicted octanol–water partition coefficient (Wildman–Crippen LogP) is 2.72. The van der Waals surface area contributed by atoms with E-state index in [-0.39, 0.29) is 29.0 Å². The number of methoxy groups -OCH3 is 1. The zero-order valence-electron chi connectivity index (χ0n) is 18.9. The maximum Gasteiger partial charge on any atom is 0.256 e. The number of fused-ring (bicyclic) bond motifs is 3. The fourth-order valence-electron chi connectivity index (χ4n) is 4.28. The molecule has 2 N–H and O–H groups in total. The number of benzene rings is 1. The second-order valence-electron chi connectivity index (χ2n) is 8.79. The van der Waals surface area contributed by atoms with Gasteiger partial charge in [0, 0.05) is 30.6 Å². The number of thioether (sulfide) groups is 1. The first-order valence-electron chi connectivity index (χ1n) is 10.9. The first-order chi connectivity index (χ1) is 14.7. The Labute approximate surface area is 188 Å². The molecular formula is C23H33N3O4S. The highest BCUT2D eigenvalue weighted by molar-refractivity contribution is 8.01. The van der Waals surface area contributed by atoms with Gasteiger partial charge >= 0.3 is 0 Å². The van der Waals surface area contributed by atoms with Crippen molar-refractivity contribution in [3.63, 3.8) is 0 Å². The standard InChI is InChI=1S/C23H33N3O4S/c1-6-14(2)17(19(27)24-12-9-13-30-5)25-20(28)18-23(3,4)31-22-16-11-8-7-10-15(16)21(29)26(18)22/h7-8,10-11,14,17-18,22H,6,9,12-13H2,1-5H3,(H,24,27)(H,25,28)/t14-,17+,18-,22+/m1/s1. The van der Waals surface area contributed by atoms with E-state index in [9.17, 15) is 14.4 Å². The van der Waals surface area contributed by atoms with Crippen molar-refractivity contribution < 1.29 is 19.1 Å². The lowest BCUT2D eigenvalue weighted by Gasteiger charge is -2.32. The number of carbonyl (C=O) groups is 3. The van der Waals surface area contributed by atoms with E-state index in [2.05, 4.69) is 10.6 Å². The van der Waals surface area contributed by atoms with Crippen LogP contribution in [0, 0.1) is 5.92 Å². The molecule has 2 aliphatic rings. The molecule has 2 aliphatic heterocycles. The Morgan fingerprint density at radius 2 is 2.00 bits per heavy atom. The molecule has 0 bridgehead atoms. The Kier molecular flexibility index (Phi) is 7.31. The van der Waals surface area contributed by atoms with E-state index in [1.807, 2.05) is 52.0 Å². The number of hydrogen-bond acceptors (Lipinski definition) is 5. The molecule has 0 saturated carbocycles. The molecule has 2 heterocycles. The maximum atomic E-state index is 13.5. The molecular weight excluding hydrogens is 414 g/mol. The molecule has 1 saturated heterocycles. The van der Waals surface area contributed by atoms with Crippen molar-refractivity contribution >= 4 is 29.5 Å². The molecule has 8 heteroatoms. The van der Waals surface area contributed by atoms with Crippen LogP contribution in [0.5, 0.6) is 0 Å². The average molecular weight is 448 g/mol. The summed E-state index contributed by atoms with van der Waals surface area (Å²) in [6.07, 6.45) is 1.45. The third-order valence-electron chi connectivity index (χ3n) is 6.16. The molecule has 3 rings (SSSR count). The fourth-order valence-corrected chi connectivity index (χ4v) is 5.87. The molecule has 0 spiro atoms. The molecule has 0 aromatic heterocycles. The SMILES string of the molecule is CC[C@@H](C)[C@H](NC(=O)[C@H]1N2C(=O)c3ccccc3[C@@H]2SC1(C)C)C(=O)NCCCOC. The predicted molar refractivity (Wildman–Crippen MR) is 122 cm³/mol. The lowest BCUT2D eigenvalue weighted by molar-refractivity contribution is -0.133. The highest BCUT2D eigenvalue weighted by Gasteiger charge is 2.57. The molecule has 170 valence electrons. The Morgan fingerprint density at radius 3 is 2.68 bits per heavy atom.